The Morgan fingerprint density at radius 1 is 1.08 bits per heavy atom. The van der Waals surface area contributed by atoms with Gasteiger partial charge in [0.05, 0.1) is 21.3 Å². The molecule has 1 aliphatic carbocycles. The van der Waals surface area contributed by atoms with Gasteiger partial charge in [-0.05, 0) is 25.8 Å². The van der Waals surface area contributed by atoms with Gasteiger partial charge in [0, 0.05) is 23.8 Å². The van der Waals surface area contributed by atoms with Crippen molar-refractivity contribution in [1.29, 1.82) is 0 Å². The number of carbonyl (C=O) groups is 3. The Labute approximate surface area is 147 Å². The molecule has 25 heavy (non-hydrogen) atoms. The fourth-order valence-electron chi connectivity index (χ4n) is 2.40. The maximum absolute atomic E-state index is 12.7. The fraction of sp³-hybridized carbons (Fsp3) is 0.500. The van der Waals surface area contributed by atoms with Gasteiger partial charge in [-0.25, -0.2) is 5.06 Å². The average molecular weight is 351 g/mol. The molecule has 0 fully saturated rings. The molecule has 7 nitrogen and oxygen atoms in total. The molecular formula is C18H25NO6. The minimum Gasteiger partial charge on any atom is -0.489 e. The van der Waals surface area contributed by atoms with E-state index in [-0.39, 0.29) is 28.6 Å². The second kappa shape index (κ2) is 9.17. The zero-order chi connectivity index (χ0) is 19.1. The van der Waals surface area contributed by atoms with Gasteiger partial charge in [-0.15, -0.1) is 0 Å². The van der Waals surface area contributed by atoms with Crippen LogP contribution in [0.15, 0.2) is 34.3 Å². The Morgan fingerprint density at radius 3 is 2.12 bits per heavy atom. The van der Waals surface area contributed by atoms with Gasteiger partial charge in [-0.3, -0.25) is 19.2 Å². The van der Waals surface area contributed by atoms with Gasteiger partial charge in [0.2, 0.25) is 23.1 Å². The highest BCUT2D eigenvalue weighted by atomic mass is 16.7. The molecule has 1 aliphatic rings. The molecule has 138 valence electrons. The molecule has 0 unspecified atom stereocenters. The summed E-state index contributed by atoms with van der Waals surface area (Å²) in [6.07, 6.45) is 3.56. The van der Waals surface area contributed by atoms with Gasteiger partial charge >= 0.3 is 0 Å². The van der Waals surface area contributed by atoms with E-state index in [1.54, 1.807) is 0 Å². The first-order valence-corrected chi connectivity index (χ1v) is 7.99. The molecule has 0 aromatic carbocycles. The van der Waals surface area contributed by atoms with Crippen LogP contribution in [-0.2, 0) is 28.7 Å². The SMILES string of the molecule is CCCC/C(=C\C1=C(C)C(=O)C(OC)=C(OC)C1=O)C(=O)N(C)OC. The first-order chi connectivity index (χ1) is 11.8. The number of likely N-dealkylation sites (N-methyl/N-ethyl adjacent to an activating group) is 1. The summed E-state index contributed by atoms with van der Waals surface area (Å²) >= 11 is 0. The van der Waals surface area contributed by atoms with Crippen molar-refractivity contribution in [2.45, 2.75) is 33.1 Å². The van der Waals surface area contributed by atoms with Crippen molar-refractivity contribution < 1.29 is 28.7 Å². The molecule has 0 aromatic heterocycles. The van der Waals surface area contributed by atoms with E-state index >= 15 is 0 Å². The standard InChI is InChI=1S/C18H25NO6/c1-7-8-9-12(18(22)19(3)25-6)10-13-11(2)14(20)16(23-4)17(24-5)15(13)21/h10H,7-9H2,1-6H3/b12-10+. The van der Waals surface area contributed by atoms with Gasteiger partial charge in [-0.2, -0.15) is 0 Å². The summed E-state index contributed by atoms with van der Waals surface area (Å²) < 4.78 is 10.1. The quantitative estimate of drug-likeness (QED) is 0.378. The third-order valence-electron chi connectivity index (χ3n) is 3.97. The number of methoxy groups -OCH3 is 2. The van der Waals surface area contributed by atoms with Gasteiger partial charge in [0.15, 0.2) is 0 Å². The summed E-state index contributed by atoms with van der Waals surface area (Å²) in [4.78, 5) is 42.5. The Morgan fingerprint density at radius 2 is 1.64 bits per heavy atom. The van der Waals surface area contributed by atoms with Crippen LogP contribution >= 0.6 is 0 Å². The molecule has 1 rings (SSSR count). The second-order valence-corrected chi connectivity index (χ2v) is 5.52. The van der Waals surface area contributed by atoms with Gasteiger partial charge in [0.25, 0.3) is 5.91 Å². The molecule has 0 saturated carbocycles. The molecule has 0 heterocycles. The first kappa shape index (κ1) is 20.6. The number of ether oxygens (including phenoxy) is 2. The number of hydrogen-bond donors (Lipinski definition) is 0. The lowest BCUT2D eigenvalue weighted by atomic mass is 9.90. The van der Waals surface area contributed by atoms with E-state index in [1.165, 1.54) is 41.4 Å². The van der Waals surface area contributed by atoms with Crippen LogP contribution in [0.25, 0.3) is 0 Å². The second-order valence-electron chi connectivity index (χ2n) is 5.52. The molecule has 7 heteroatoms. The fourth-order valence-corrected chi connectivity index (χ4v) is 2.40. The van der Waals surface area contributed by atoms with Crippen LogP contribution in [0.5, 0.6) is 0 Å². The normalized spacial score (nSPS) is 15.7. The third-order valence-corrected chi connectivity index (χ3v) is 3.97. The molecule has 0 spiro atoms. The van der Waals surface area contributed by atoms with Crippen molar-refractivity contribution in [2.24, 2.45) is 0 Å². The maximum atomic E-state index is 12.7. The number of ketones is 2. The van der Waals surface area contributed by atoms with Crippen molar-refractivity contribution in [3.8, 4) is 0 Å². The molecular weight excluding hydrogens is 326 g/mol. The summed E-state index contributed by atoms with van der Waals surface area (Å²) in [5.41, 5.74) is 0.731. The number of nitrogens with zero attached hydrogens (tertiary/aromatic N) is 1. The summed E-state index contributed by atoms with van der Waals surface area (Å²) in [5.74, 6) is -1.58. The van der Waals surface area contributed by atoms with Crippen LogP contribution in [0.1, 0.15) is 33.1 Å². The third kappa shape index (κ3) is 4.36. The van der Waals surface area contributed by atoms with Crippen molar-refractivity contribution in [3.05, 3.63) is 34.3 Å². The van der Waals surface area contributed by atoms with Crippen molar-refractivity contribution in [3.63, 3.8) is 0 Å². The summed E-state index contributed by atoms with van der Waals surface area (Å²) in [6, 6.07) is 0. The minimum atomic E-state index is -0.488. The van der Waals surface area contributed by atoms with Crippen LogP contribution in [0.3, 0.4) is 0 Å². The zero-order valence-electron chi connectivity index (χ0n) is 15.6. The highest BCUT2D eigenvalue weighted by Gasteiger charge is 2.34. The largest absolute Gasteiger partial charge is 0.489 e. The highest BCUT2D eigenvalue weighted by Crippen LogP contribution is 2.28. The summed E-state index contributed by atoms with van der Waals surface area (Å²) in [7, 11) is 5.47. The number of hydroxylamine groups is 2. The number of hydrogen-bond acceptors (Lipinski definition) is 6. The van der Waals surface area contributed by atoms with Crippen molar-refractivity contribution in [2.75, 3.05) is 28.4 Å². The van der Waals surface area contributed by atoms with Crippen molar-refractivity contribution >= 4 is 17.5 Å². The number of allylic oxidation sites excluding steroid dienone is 3. The number of carbonyl (C=O) groups excluding carboxylic acids is 3. The van der Waals surface area contributed by atoms with Crippen LogP contribution in [-0.4, -0.2) is 50.9 Å². The monoisotopic (exact) mass is 351 g/mol. The maximum Gasteiger partial charge on any atom is 0.273 e. The van der Waals surface area contributed by atoms with E-state index in [1.807, 2.05) is 6.92 Å². The van der Waals surface area contributed by atoms with E-state index in [2.05, 4.69) is 0 Å². The molecule has 0 bridgehead atoms. The van der Waals surface area contributed by atoms with Gasteiger partial charge in [0.1, 0.15) is 0 Å². The van der Waals surface area contributed by atoms with E-state index in [4.69, 9.17) is 14.3 Å². The Kier molecular flexibility index (Phi) is 7.57. The number of Topliss-reactive ketones (excluding diaryl/α,β-unsaturated/α-hetero) is 2. The predicted molar refractivity (Wildman–Crippen MR) is 91.1 cm³/mol. The Balaban J connectivity index is 3.40. The van der Waals surface area contributed by atoms with E-state index in [0.717, 1.165) is 17.9 Å². The first-order valence-electron chi connectivity index (χ1n) is 7.99. The van der Waals surface area contributed by atoms with Crippen LogP contribution in [0.4, 0.5) is 0 Å². The zero-order valence-corrected chi connectivity index (χ0v) is 15.6. The lowest BCUT2D eigenvalue weighted by Crippen LogP contribution is -2.28. The molecule has 0 N–H and O–H groups in total. The lowest BCUT2D eigenvalue weighted by molar-refractivity contribution is -0.164. The predicted octanol–water partition coefficient (Wildman–Crippen LogP) is 2.10. The van der Waals surface area contributed by atoms with Crippen LogP contribution in [0, 0.1) is 0 Å². The van der Waals surface area contributed by atoms with Gasteiger partial charge < -0.3 is 9.47 Å². The molecule has 0 aromatic rings. The van der Waals surface area contributed by atoms with E-state index < -0.39 is 11.6 Å². The molecule has 1 amide bonds. The van der Waals surface area contributed by atoms with E-state index in [9.17, 15) is 14.4 Å². The average Bonchev–Trinajstić information content (AvgIpc) is 2.62. The van der Waals surface area contributed by atoms with Crippen LogP contribution < -0.4 is 0 Å². The molecule has 0 saturated heterocycles. The van der Waals surface area contributed by atoms with E-state index in [0.29, 0.717) is 12.0 Å². The van der Waals surface area contributed by atoms with Crippen LogP contribution in [0.2, 0.25) is 0 Å². The number of amides is 1. The Hall–Kier alpha value is -2.41. The van der Waals surface area contributed by atoms with Gasteiger partial charge in [-0.1, -0.05) is 13.3 Å². The molecule has 0 atom stereocenters. The number of unbranched alkanes of at least 4 members (excludes halogenated alkanes) is 1. The molecule has 0 aliphatic heterocycles. The number of rotatable bonds is 8. The summed E-state index contributed by atoms with van der Waals surface area (Å²) in [5, 5.41) is 1.08. The summed E-state index contributed by atoms with van der Waals surface area (Å²) in [6.45, 7) is 3.53. The smallest absolute Gasteiger partial charge is 0.273 e. The minimum absolute atomic E-state index is 0.127. The highest BCUT2D eigenvalue weighted by molar-refractivity contribution is 6.24. The molecule has 0 radical (unpaired) electrons. The lowest BCUT2D eigenvalue weighted by Gasteiger charge is -2.20. The Bertz CT molecular complexity index is 656. The topological polar surface area (TPSA) is 82.1 Å². The van der Waals surface area contributed by atoms with Crippen molar-refractivity contribution in [1.82, 2.24) is 5.06 Å².